The number of nitrogens with two attached hydrogens (primary N) is 1. The number of rotatable bonds is 3. The fourth-order valence-electron chi connectivity index (χ4n) is 2.36. The minimum absolute atomic E-state index is 0.0532. The molecule has 0 saturated carbocycles. The average molecular weight is 287 g/mol. The van der Waals surface area contributed by atoms with Gasteiger partial charge < -0.3 is 10.5 Å². The van der Waals surface area contributed by atoms with Gasteiger partial charge >= 0.3 is 5.97 Å². The van der Waals surface area contributed by atoms with E-state index in [4.69, 9.17) is 10.5 Å². The first-order valence-corrected chi connectivity index (χ1v) is 6.67. The average Bonchev–Trinajstić information content (AvgIpc) is 2.40. The molecule has 0 aromatic heterocycles. The Labute approximate surface area is 123 Å². The summed E-state index contributed by atoms with van der Waals surface area (Å²) in [5, 5.41) is 0. The first kappa shape index (κ1) is 15.0. The van der Waals surface area contributed by atoms with E-state index in [9.17, 15) is 9.18 Å². The zero-order valence-electron chi connectivity index (χ0n) is 12.4. The molecule has 21 heavy (non-hydrogen) atoms. The number of ether oxygens (including phenoxy) is 1. The van der Waals surface area contributed by atoms with Gasteiger partial charge in [0, 0.05) is 5.69 Å². The molecule has 0 atom stereocenters. The number of carbonyl (C=O) groups is 1. The number of hydrogen-bond acceptors (Lipinski definition) is 3. The Morgan fingerprint density at radius 3 is 2.38 bits per heavy atom. The third-order valence-electron chi connectivity index (χ3n) is 3.42. The van der Waals surface area contributed by atoms with Gasteiger partial charge in [-0.3, -0.25) is 0 Å². The highest BCUT2D eigenvalue weighted by Crippen LogP contribution is 2.19. The van der Waals surface area contributed by atoms with Crippen molar-refractivity contribution in [3.63, 3.8) is 0 Å². The smallest absolute Gasteiger partial charge is 0.340 e. The summed E-state index contributed by atoms with van der Waals surface area (Å²) in [7, 11) is 0. The first-order chi connectivity index (χ1) is 9.88. The molecule has 0 aliphatic heterocycles. The van der Waals surface area contributed by atoms with E-state index < -0.39 is 11.8 Å². The molecule has 0 heterocycles. The van der Waals surface area contributed by atoms with Crippen molar-refractivity contribution in [2.24, 2.45) is 0 Å². The maximum absolute atomic E-state index is 13.2. The van der Waals surface area contributed by atoms with Crippen LogP contribution in [0, 0.1) is 26.6 Å². The van der Waals surface area contributed by atoms with Crippen LogP contribution >= 0.6 is 0 Å². The second-order valence-electron chi connectivity index (χ2n) is 5.18. The Morgan fingerprint density at radius 2 is 1.76 bits per heavy atom. The number of anilines is 1. The summed E-state index contributed by atoms with van der Waals surface area (Å²) in [5.41, 5.74) is 10.2. The molecule has 110 valence electrons. The topological polar surface area (TPSA) is 52.3 Å². The molecule has 4 heteroatoms. The lowest BCUT2D eigenvalue weighted by Crippen LogP contribution is -2.10. The summed E-state index contributed by atoms with van der Waals surface area (Å²) in [6.45, 7) is 6.11. The molecule has 0 bridgehead atoms. The lowest BCUT2D eigenvalue weighted by atomic mass is 10.0. The minimum Gasteiger partial charge on any atom is -0.457 e. The maximum Gasteiger partial charge on any atom is 0.340 e. The summed E-state index contributed by atoms with van der Waals surface area (Å²) >= 11 is 0. The molecule has 2 aromatic carbocycles. The number of carbonyl (C=O) groups excluding carboxylic acids is 1. The molecule has 0 saturated heterocycles. The second kappa shape index (κ2) is 5.95. The van der Waals surface area contributed by atoms with Crippen molar-refractivity contribution < 1.29 is 13.9 Å². The van der Waals surface area contributed by atoms with Gasteiger partial charge in [0.15, 0.2) is 0 Å². The van der Waals surface area contributed by atoms with Crippen molar-refractivity contribution in [3.05, 3.63) is 64.0 Å². The third kappa shape index (κ3) is 3.40. The number of aryl methyl sites for hydroxylation is 3. The maximum atomic E-state index is 13.2. The van der Waals surface area contributed by atoms with E-state index in [1.54, 1.807) is 0 Å². The predicted molar refractivity (Wildman–Crippen MR) is 80.6 cm³/mol. The van der Waals surface area contributed by atoms with Gasteiger partial charge in [-0.15, -0.1) is 0 Å². The Balaban J connectivity index is 2.17. The molecule has 0 aliphatic carbocycles. The summed E-state index contributed by atoms with van der Waals surface area (Å²) < 4.78 is 18.4. The normalized spacial score (nSPS) is 10.5. The van der Waals surface area contributed by atoms with Crippen molar-refractivity contribution in [2.45, 2.75) is 27.4 Å². The van der Waals surface area contributed by atoms with Gasteiger partial charge in [0.2, 0.25) is 0 Å². The van der Waals surface area contributed by atoms with E-state index in [1.807, 2.05) is 32.9 Å². The van der Waals surface area contributed by atoms with E-state index in [-0.39, 0.29) is 17.9 Å². The second-order valence-corrected chi connectivity index (χ2v) is 5.18. The molecule has 0 aliphatic rings. The van der Waals surface area contributed by atoms with Crippen molar-refractivity contribution in [1.29, 1.82) is 0 Å². The van der Waals surface area contributed by atoms with Gasteiger partial charge in [0.25, 0.3) is 0 Å². The molecule has 3 nitrogen and oxygen atoms in total. The van der Waals surface area contributed by atoms with Crippen molar-refractivity contribution >= 4 is 11.7 Å². The fourth-order valence-corrected chi connectivity index (χ4v) is 2.36. The largest absolute Gasteiger partial charge is 0.457 e. The van der Waals surface area contributed by atoms with Crippen molar-refractivity contribution in [1.82, 2.24) is 0 Å². The predicted octanol–water partition coefficient (Wildman–Crippen LogP) is 3.69. The molecule has 0 unspecified atom stereocenters. The van der Waals surface area contributed by atoms with Crippen LogP contribution < -0.4 is 5.73 Å². The summed E-state index contributed by atoms with van der Waals surface area (Å²) in [6.07, 6.45) is 0. The Morgan fingerprint density at radius 1 is 1.14 bits per heavy atom. The number of benzene rings is 2. The summed E-state index contributed by atoms with van der Waals surface area (Å²) in [4.78, 5) is 12.0. The van der Waals surface area contributed by atoms with Crippen LogP contribution in [0.1, 0.15) is 32.6 Å². The molecule has 0 amide bonds. The fraction of sp³-hybridized carbons (Fsp3) is 0.235. The highest BCUT2D eigenvalue weighted by Gasteiger charge is 2.14. The quantitative estimate of drug-likeness (QED) is 0.692. The van der Waals surface area contributed by atoms with E-state index in [1.165, 1.54) is 12.1 Å². The van der Waals surface area contributed by atoms with Crippen LogP contribution in [0.4, 0.5) is 10.1 Å². The van der Waals surface area contributed by atoms with E-state index >= 15 is 0 Å². The van der Waals surface area contributed by atoms with E-state index in [0.717, 1.165) is 28.3 Å². The third-order valence-corrected chi connectivity index (χ3v) is 3.42. The van der Waals surface area contributed by atoms with Gasteiger partial charge in [-0.1, -0.05) is 17.7 Å². The minimum atomic E-state index is -0.619. The van der Waals surface area contributed by atoms with Gasteiger partial charge in [0.05, 0.1) is 5.56 Å². The monoisotopic (exact) mass is 287 g/mol. The molecular weight excluding hydrogens is 269 g/mol. The van der Waals surface area contributed by atoms with Gasteiger partial charge in [0.1, 0.15) is 12.4 Å². The van der Waals surface area contributed by atoms with Gasteiger partial charge in [-0.2, -0.15) is 0 Å². The molecule has 0 radical (unpaired) electrons. The summed E-state index contributed by atoms with van der Waals surface area (Å²) in [6, 6.07) is 7.72. The molecule has 2 rings (SSSR count). The molecule has 0 fully saturated rings. The van der Waals surface area contributed by atoms with Gasteiger partial charge in [-0.05, 0) is 55.7 Å². The van der Waals surface area contributed by atoms with Crippen LogP contribution in [-0.4, -0.2) is 5.97 Å². The van der Waals surface area contributed by atoms with E-state index in [2.05, 4.69) is 0 Å². The molecule has 2 N–H and O–H groups in total. The van der Waals surface area contributed by atoms with Crippen LogP contribution in [0.3, 0.4) is 0 Å². The highest BCUT2D eigenvalue weighted by molar-refractivity contribution is 5.95. The summed E-state index contributed by atoms with van der Waals surface area (Å²) in [5.74, 6) is -1.13. The molecule has 2 aromatic rings. The Kier molecular flexibility index (Phi) is 4.26. The number of esters is 1. The zero-order valence-corrected chi connectivity index (χ0v) is 12.4. The SMILES string of the molecule is Cc1cc(C)c(COC(=O)c2cc(F)ccc2N)c(C)c1. The van der Waals surface area contributed by atoms with Crippen LogP contribution in [-0.2, 0) is 11.3 Å². The Hall–Kier alpha value is -2.36. The van der Waals surface area contributed by atoms with Crippen LogP contribution in [0.25, 0.3) is 0 Å². The standard InChI is InChI=1S/C17H18FNO2/c1-10-6-11(2)15(12(3)7-10)9-21-17(20)14-8-13(18)4-5-16(14)19/h4-8H,9,19H2,1-3H3. The van der Waals surface area contributed by atoms with Crippen LogP contribution in [0.15, 0.2) is 30.3 Å². The van der Waals surface area contributed by atoms with Gasteiger partial charge in [-0.25, -0.2) is 9.18 Å². The number of nitrogen functional groups attached to an aromatic ring is 1. The van der Waals surface area contributed by atoms with Crippen molar-refractivity contribution in [3.8, 4) is 0 Å². The zero-order chi connectivity index (χ0) is 15.6. The highest BCUT2D eigenvalue weighted by atomic mass is 19.1. The lowest BCUT2D eigenvalue weighted by Gasteiger charge is -2.12. The molecular formula is C17H18FNO2. The lowest BCUT2D eigenvalue weighted by molar-refractivity contribution is 0.0472. The Bertz CT molecular complexity index is 672. The number of halogens is 1. The van der Waals surface area contributed by atoms with E-state index in [0.29, 0.717) is 0 Å². The van der Waals surface area contributed by atoms with Crippen LogP contribution in [0.2, 0.25) is 0 Å². The van der Waals surface area contributed by atoms with Crippen LogP contribution in [0.5, 0.6) is 0 Å². The molecule has 0 spiro atoms. The van der Waals surface area contributed by atoms with Crippen molar-refractivity contribution in [2.75, 3.05) is 5.73 Å². The first-order valence-electron chi connectivity index (χ1n) is 6.67. The number of hydrogen-bond donors (Lipinski definition) is 1.